The third-order valence-corrected chi connectivity index (χ3v) is 3.06. The molecule has 0 fully saturated rings. The van der Waals surface area contributed by atoms with Crippen LogP contribution in [0.15, 0.2) is 41.4 Å². The lowest BCUT2D eigenvalue weighted by atomic mass is 10.1. The molecule has 0 unspecified atom stereocenters. The van der Waals surface area contributed by atoms with Gasteiger partial charge in [0, 0.05) is 10.6 Å². The Hall–Kier alpha value is -1.15. The average molecular weight is 219 g/mol. The van der Waals surface area contributed by atoms with Gasteiger partial charge in [0.1, 0.15) is 0 Å². The highest BCUT2D eigenvalue weighted by Crippen LogP contribution is 2.33. The van der Waals surface area contributed by atoms with Crippen LogP contribution in [-0.2, 0) is 0 Å². The second-order valence-corrected chi connectivity index (χ2v) is 4.99. The first kappa shape index (κ1) is 11.9. The van der Waals surface area contributed by atoms with Gasteiger partial charge in [-0.1, -0.05) is 48.2 Å². The maximum Gasteiger partial charge on any atom is 0.0375 e. The molecule has 1 aromatic carbocycles. The summed E-state index contributed by atoms with van der Waals surface area (Å²) in [7, 11) is 0. The van der Waals surface area contributed by atoms with E-state index in [1.807, 2.05) is 13.8 Å². The van der Waals surface area contributed by atoms with Gasteiger partial charge >= 0.3 is 0 Å². The van der Waals surface area contributed by atoms with E-state index in [9.17, 15) is 0 Å². The maximum atomic E-state index is 5.87. The van der Waals surface area contributed by atoms with E-state index < -0.39 is 0 Å². The van der Waals surface area contributed by atoms with Gasteiger partial charge in [0.05, 0.1) is 0 Å². The van der Waals surface area contributed by atoms with Crippen molar-refractivity contribution in [2.24, 2.45) is 5.73 Å². The standard InChI is InChI=1S/C13H17NS/c1-9(2)15-13(11(4)14)12-7-5-10(3)6-8-12/h5-8H,1,14H2,2-4H3/b13-11-. The molecular formula is C13H17NS. The molecule has 80 valence electrons. The Kier molecular flexibility index (Phi) is 4.04. The maximum absolute atomic E-state index is 5.87. The van der Waals surface area contributed by atoms with E-state index in [0.29, 0.717) is 0 Å². The first-order chi connectivity index (χ1) is 7.00. The van der Waals surface area contributed by atoms with Crippen LogP contribution in [0.2, 0.25) is 0 Å². The third kappa shape index (κ3) is 3.48. The highest BCUT2D eigenvalue weighted by molar-refractivity contribution is 8.11. The van der Waals surface area contributed by atoms with E-state index in [2.05, 4.69) is 37.8 Å². The monoisotopic (exact) mass is 219 g/mol. The number of rotatable bonds is 3. The van der Waals surface area contributed by atoms with Gasteiger partial charge in [0.15, 0.2) is 0 Å². The van der Waals surface area contributed by atoms with Gasteiger partial charge in [-0.15, -0.1) is 0 Å². The first-order valence-corrected chi connectivity index (χ1v) is 5.69. The molecule has 1 aromatic rings. The Morgan fingerprint density at radius 1 is 1.20 bits per heavy atom. The minimum atomic E-state index is 0.840. The van der Waals surface area contributed by atoms with Crippen molar-refractivity contribution in [3.63, 3.8) is 0 Å². The van der Waals surface area contributed by atoms with Gasteiger partial charge in [0.2, 0.25) is 0 Å². The molecule has 0 spiro atoms. The van der Waals surface area contributed by atoms with Crippen LogP contribution in [0.4, 0.5) is 0 Å². The number of aryl methyl sites for hydroxylation is 1. The van der Waals surface area contributed by atoms with Gasteiger partial charge in [-0.3, -0.25) is 0 Å². The molecule has 0 bridgehead atoms. The number of hydrogen-bond acceptors (Lipinski definition) is 2. The fraction of sp³-hybridized carbons (Fsp3) is 0.231. The molecular weight excluding hydrogens is 202 g/mol. The van der Waals surface area contributed by atoms with Gasteiger partial charge < -0.3 is 5.73 Å². The molecule has 1 nitrogen and oxygen atoms in total. The van der Waals surface area contributed by atoms with Crippen molar-refractivity contribution in [1.82, 2.24) is 0 Å². The molecule has 2 heteroatoms. The fourth-order valence-electron chi connectivity index (χ4n) is 1.25. The van der Waals surface area contributed by atoms with E-state index in [-0.39, 0.29) is 0 Å². The van der Waals surface area contributed by atoms with Crippen LogP contribution in [0, 0.1) is 6.92 Å². The van der Waals surface area contributed by atoms with Crippen molar-refractivity contribution >= 4 is 16.7 Å². The number of hydrogen-bond donors (Lipinski definition) is 1. The van der Waals surface area contributed by atoms with Crippen molar-refractivity contribution in [2.45, 2.75) is 20.8 Å². The summed E-state index contributed by atoms with van der Waals surface area (Å²) in [6.07, 6.45) is 0. The van der Waals surface area contributed by atoms with Gasteiger partial charge in [-0.2, -0.15) is 0 Å². The zero-order valence-electron chi connectivity index (χ0n) is 9.50. The first-order valence-electron chi connectivity index (χ1n) is 4.87. The van der Waals surface area contributed by atoms with Crippen molar-refractivity contribution < 1.29 is 0 Å². The molecule has 0 amide bonds. The fourth-order valence-corrected chi connectivity index (χ4v) is 2.01. The van der Waals surface area contributed by atoms with Gasteiger partial charge in [-0.25, -0.2) is 0 Å². The van der Waals surface area contributed by atoms with Crippen LogP contribution in [0.1, 0.15) is 25.0 Å². The Morgan fingerprint density at radius 2 is 1.73 bits per heavy atom. The van der Waals surface area contributed by atoms with E-state index in [4.69, 9.17) is 5.73 Å². The quantitative estimate of drug-likeness (QED) is 0.834. The average Bonchev–Trinajstić information content (AvgIpc) is 2.15. The van der Waals surface area contributed by atoms with Crippen LogP contribution < -0.4 is 5.73 Å². The summed E-state index contributed by atoms with van der Waals surface area (Å²) in [6.45, 7) is 9.88. The lowest BCUT2D eigenvalue weighted by Gasteiger charge is -2.09. The second-order valence-electron chi connectivity index (χ2n) is 3.68. The molecule has 0 atom stereocenters. The number of allylic oxidation sites excluding steroid dienone is 2. The predicted octanol–water partition coefficient (Wildman–Crippen LogP) is 3.91. The van der Waals surface area contributed by atoms with Crippen molar-refractivity contribution in [1.29, 1.82) is 0 Å². The molecule has 1 rings (SSSR count). The lowest BCUT2D eigenvalue weighted by molar-refractivity contribution is 1.33. The Bertz CT molecular complexity index is 384. The minimum Gasteiger partial charge on any atom is -0.401 e. The largest absolute Gasteiger partial charge is 0.401 e. The predicted molar refractivity (Wildman–Crippen MR) is 70.4 cm³/mol. The number of nitrogens with two attached hydrogens (primary N) is 1. The van der Waals surface area contributed by atoms with E-state index in [0.717, 1.165) is 21.1 Å². The van der Waals surface area contributed by atoms with Crippen LogP contribution in [0.25, 0.3) is 4.91 Å². The SMILES string of the molecule is C=C(C)S/C(=C(/C)N)c1ccc(C)cc1. The third-order valence-electron chi connectivity index (χ3n) is 1.95. The topological polar surface area (TPSA) is 26.0 Å². The summed E-state index contributed by atoms with van der Waals surface area (Å²) < 4.78 is 0. The van der Waals surface area contributed by atoms with Crippen LogP contribution in [0.5, 0.6) is 0 Å². The molecule has 0 aliphatic carbocycles. The smallest absolute Gasteiger partial charge is 0.0375 e. The molecule has 0 saturated carbocycles. The summed E-state index contributed by atoms with van der Waals surface area (Å²) in [5, 5.41) is 0. The number of thioether (sulfide) groups is 1. The molecule has 0 aromatic heterocycles. The molecule has 0 saturated heterocycles. The molecule has 15 heavy (non-hydrogen) atoms. The van der Waals surface area contributed by atoms with Crippen molar-refractivity contribution in [3.05, 3.63) is 52.6 Å². The van der Waals surface area contributed by atoms with Crippen LogP contribution in [0.3, 0.4) is 0 Å². The molecule has 0 radical (unpaired) electrons. The van der Waals surface area contributed by atoms with Crippen molar-refractivity contribution in [2.75, 3.05) is 0 Å². The van der Waals surface area contributed by atoms with Gasteiger partial charge in [-0.05, 0) is 31.2 Å². The normalized spacial score (nSPS) is 12.2. The number of benzene rings is 1. The van der Waals surface area contributed by atoms with Crippen LogP contribution in [-0.4, -0.2) is 0 Å². The Labute approximate surface area is 96.1 Å². The summed E-state index contributed by atoms with van der Waals surface area (Å²) >= 11 is 1.63. The molecule has 0 heterocycles. The van der Waals surface area contributed by atoms with Crippen LogP contribution >= 0.6 is 11.8 Å². The summed E-state index contributed by atoms with van der Waals surface area (Å²) in [5.41, 5.74) is 9.13. The zero-order valence-corrected chi connectivity index (χ0v) is 10.3. The lowest BCUT2D eigenvalue weighted by Crippen LogP contribution is -1.95. The Morgan fingerprint density at radius 3 is 2.13 bits per heavy atom. The molecule has 2 N–H and O–H groups in total. The second kappa shape index (κ2) is 5.08. The highest BCUT2D eigenvalue weighted by Gasteiger charge is 2.05. The summed E-state index contributed by atoms with van der Waals surface area (Å²) in [6, 6.07) is 8.38. The van der Waals surface area contributed by atoms with Gasteiger partial charge in [0.25, 0.3) is 0 Å². The van der Waals surface area contributed by atoms with Crippen molar-refractivity contribution in [3.8, 4) is 0 Å². The summed E-state index contributed by atoms with van der Waals surface area (Å²) in [5.74, 6) is 0. The highest BCUT2D eigenvalue weighted by atomic mass is 32.2. The summed E-state index contributed by atoms with van der Waals surface area (Å²) in [4.78, 5) is 2.15. The molecule has 0 aliphatic rings. The Balaban J connectivity index is 3.06. The zero-order chi connectivity index (χ0) is 11.4. The van der Waals surface area contributed by atoms with E-state index in [1.165, 1.54) is 5.56 Å². The van der Waals surface area contributed by atoms with E-state index in [1.54, 1.807) is 11.8 Å². The molecule has 0 aliphatic heterocycles. The minimum absolute atomic E-state index is 0.840. The van der Waals surface area contributed by atoms with E-state index >= 15 is 0 Å².